The van der Waals surface area contributed by atoms with Crippen molar-refractivity contribution in [1.82, 2.24) is 10.2 Å². The Hall–Kier alpha value is -1.30. The first kappa shape index (κ1) is 13.8. The van der Waals surface area contributed by atoms with Crippen LogP contribution in [0.3, 0.4) is 0 Å². The molecule has 2 amide bonds. The molecule has 6 nitrogen and oxygen atoms in total. The molecule has 0 radical (unpaired) electrons. The molecule has 0 bridgehead atoms. The van der Waals surface area contributed by atoms with Gasteiger partial charge in [0.05, 0.1) is 6.10 Å². The second-order valence-corrected chi connectivity index (χ2v) is 4.37. The molecular weight excluding hydrogens is 224 g/mol. The molecule has 0 saturated carbocycles. The van der Waals surface area contributed by atoms with Crippen LogP contribution in [-0.2, 0) is 4.79 Å². The molecule has 1 rings (SSSR count). The number of carbonyl (C=O) groups is 2. The summed E-state index contributed by atoms with van der Waals surface area (Å²) < 4.78 is 0. The molecule has 17 heavy (non-hydrogen) atoms. The number of nitrogens with zero attached hydrogens (tertiary/aromatic N) is 1. The minimum atomic E-state index is -1.01. The summed E-state index contributed by atoms with van der Waals surface area (Å²) in [6, 6.07) is -1.23. The Morgan fingerprint density at radius 3 is 2.71 bits per heavy atom. The zero-order valence-electron chi connectivity index (χ0n) is 10.1. The third-order valence-corrected chi connectivity index (χ3v) is 2.89. The monoisotopic (exact) mass is 244 g/mol. The lowest BCUT2D eigenvalue weighted by Crippen LogP contribution is -2.47. The number of aliphatic hydroxyl groups is 1. The van der Waals surface area contributed by atoms with E-state index in [1.165, 1.54) is 4.90 Å². The molecule has 0 aromatic rings. The van der Waals surface area contributed by atoms with Crippen LogP contribution >= 0.6 is 0 Å². The molecule has 0 spiro atoms. The first-order valence-electron chi connectivity index (χ1n) is 6.01. The van der Waals surface area contributed by atoms with E-state index in [0.717, 1.165) is 12.8 Å². The van der Waals surface area contributed by atoms with E-state index in [2.05, 4.69) is 5.32 Å². The molecule has 0 aromatic heterocycles. The number of aliphatic hydroxyl groups excluding tert-OH is 1. The van der Waals surface area contributed by atoms with Crippen molar-refractivity contribution in [3.63, 3.8) is 0 Å². The molecule has 1 aliphatic heterocycles. The fourth-order valence-corrected chi connectivity index (χ4v) is 1.83. The van der Waals surface area contributed by atoms with Gasteiger partial charge in [0.15, 0.2) is 0 Å². The number of unbranched alkanes of at least 4 members (excludes halogenated alkanes) is 1. The number of likely N-dealkylation sites (tertiary alicyclic amines) is 1. The third-order valence-electron chi connectivity index (χ3n) is 2.89. The van der Waals surface area contributed by atoms with Gasteiger partial charge in [0.2, 0.25) is 0 Å². The van der Waals surface area contributed by atoms with Gasteiger partial charge in [0, 0.05) is 13.1 Å². The largest absolute Gasteiger partial charge is 0.480 e. The average molecular weight is 244 g/mol. The topological polar surface area (TPSA) is 89.9 Å². The molecule has 0 aromatic carbocycles. The molecule has 98 valence electrons. The number of urea groups is 1. The lowest BCUT2D eigenvalue weighted by Gasteiger charge is -2.20. The number of β-amino-alcohol motifs (C(OH)–C–C–N with tert-alkyl or cyclic N) is 1. The Bertz CT molecular complexity index is 283. The zero-order chi connectivity index (χ0) is 12.8. The van der Waals surface area contributed by atoms with Gasteiger partial charge in [-0.15, -0.1) is 0 Å². The van der Waals surface area contributed by atoms with Crippen LogP contribution < -0.4 is 5.32 Å². The lowest BCUT2D eigenvalue weighted by molar-refractivity contribution is -0.139. The van der Waals surface area contributed by atoms with E-state index in [1.54, 1.807) is 0 Å². The fraction of sp³-hybridized carbons (Fsp3) is 0.818. The van der Waals surface area contributed by atoms with Crippen molar-refractivity contribution in [3.8, 4) is 0 Å². The molecule has 3 N–H and O–H groups in total. The maximum Gasteiger partial charge on any atom is 0.326 e. The van der Waals surface area contributed by atoms with Crippen molar-refractivity contribution >= 4 is 12.0 Å². The SMILES string of the molecule is CCCCC(NC(=O)N1CCC(O)C1)C(=O)O. The van der Waals surface area contributed by atoms with E-state index < -0.39 is 24.1 Å². The normalized spacial score (nSPS) is 21.3. The minimum absolute atomic E-state index is 0.284. The van der Waals surface area contributed by atoms with Crippen LogP contribution in [0.5, 0.6) is 0 Å². The first-order chi connectivity index (χ1) is 8.04. The van der Waals surface area contributed by atoms with Crippen LogP contribution in [0.4, 0.5) is 4.79 Å². The maximum absolute atomic E-state index is 11.7. The Labute approximate surface area is 101 Å². The van der Waals surface area contributed by atoms with Crippen LogP contribution in [0.1, 0.15) is 32.6 Å². The van der Waals surface area contributed by atoms with Gasteiger partial charge in [0.1, 0.15) is 6.04 Å². The number of aliphatic carboxylic acids is 1. The van der Waals surface area contributed by atoms with Gasteiger partial charge < -0.3 is 20.4 Å². The summed E-state index contributed by atoms with van der Waals surface area (Å²) in [4.78, 5) is 24.1. The summed E-state index contributed by atoms with van der Waals surface area (Å²) in [6.07, 6.45) is 2.16. The van der Waals surface area contributed by atoms with E-state index in [9.17, 15) is 14.7 Å². The molecule has 1 fully saturated rings. The lowest BCUT2D eigenvalue weighted by atomic mass is 10.1. The number of carboxylic acid groups (broad SMARTS) is 1. The summed E-state index contributed by atoms with van der Waals surface area (Å²) in [5.74, 6) is -1.01. The van der Waals surface area contributed by atoms with E-state index in [0.29, 0.717) is 19.4 Å². The smallest absolute Gasteiger partial charge is 0.326 e. The Kier molecular flexibility index (Phi) is 5.21. The molecule has 2 atom stereocenters. The molecule has 1 aliphatic rings. The predicted molar refractivity (Wildman–Crippen MR) is 61.7 cm³/mol. The quantitative estimate of drug-likeness (QED) is 0.653. The fourth-order valence-electron chi connectivity index (χ4n) is 1.83. The van der Waals surface area contributed by atoms with Gasteiger partial charge in [-0.3, -0.25) is 0 Å². The van der Waals surface area contributed by atoms with Crippen molar-refractivity contribution in [2.24, 2.45) is 0 Å². The Morgan fingerprint density at radius 1 is 1.53 bits per heavy atom. The van der Waals surface area contributed by atoms with Crippen LogP contribution in [-0.4, -0.2) is 52.3 Å². The Balaban J connectivity index is 2.43. The standard InChI is InChI=1S/C11H20N2O4/c1-2-3-4-9(10(15)16)12-11(17)13-6-5-8(14)7-13/h8-9,14H,2-7H2,1H3,(H,12,17)(H,15,16). The first-order valence-corrected chi connectivity index (χ1v) is 6.01. The number of nitrogens with one attached hydrogen (secondary N) is 1. The number of carbonyl (C=O) groups excluding carboxylic acids is 1. The molecule has 1 saturated heterocycles. The van der Waals surface area contributed by atoms with E-state index in [-0.39, 0.29) is 6.54 Å². The number of carboxylic acids is 1. The minimum Gasteiger partial charge on any atom is -0.480 e. The van der Waals surface area contributed by atoms with E-state index >= 15 is 0 Å². The highest BCUT2D eigenvalue weighted by molar-refractivity contribution is 5.82. The number of hydrogen-bond acceptors (Lipinski definition) is 3. The number of amides is 2. The van der Waals surface area contributed by atoms with Crippen molar-refractivity contribution in [2.45, 2.75) is 44.8 Å². The molecular formula is C11H20N2O4. The van der Waals surface area contributed by atoms with Crippen molar-refractivity contribution in [2.75, 3.05) is 13.1 Å². The zero-order valence-corrected chi connectivity index (χ0v) is 10.1. The summed E-state index contributed by atoms with van der Waals surface area (Å²) in [7, 11) is 0. The van der Waals surface area contributed by atoms with Crippen molar-refractivity contribution in [1.29, 1.82) is 0 Å². The van der Waals surface area contributed by atoms with Crippen LogP contribution in [0.15, 0.2) is 0 Å². The van der Waals surface area contributed by atoms with Crippen LogP contribution in [0.2, 0.25) is 0 Å². The van der Waals surface area contributed by atoms with Gasteiger partial charge in [-0.1, -0.05) is 19.8 Å². The van der Waals surface area contributed by atoms with E-state index in [1.807, 2.05) is 6.92 Å². The summed E-state index contributed by atoms with van der Waals surface area (Å²) in [5.41, 5.74) is 0. The molecule has 2 unspecified atom stereocenters. The predicted octanol–water partition coefficient (Wildman–Crippen LogP) is 0.406. The highest BCUT2D eigenvalue weighted by atomic mass is 16.4. The van der Waals surface area contributed by atoms with Gasteiger partial charge in [0.25, 0.3) is 0 Å². The molecule has 1 heterocycles. The van der Waals surface area contributed by atoms with Crippen LogP contribution in [0, 0.1) is 0 Å². The van der Waals surface area contributed by atoms with Crippen molar-refractivity contribution < 1.29 is 19.8 Å². The van der Waals surface area contributed by atoms with Gasteiger partial charge >= 0.3 is 12.0 Å². The Morgan fingerprint density at radius 2 is 2.24 bits per heavy atom. The second kappa shape index (κ2) is 6.44. The summed E-state index contributed by atoms with van der Waals surface area (Å²) in [6.45, 7) is 2.73. The third kappa shape index (κ3) is 4.22. The van der Waals surface area contributed by atoms with Gasteiger partial charge in [-0.05, 0) is 12.8 Å². The molecule has 6 heteroatoms. The highest BCUT2D eigenvalue weighted by Gasteiger charge is 2.27. The molecule has 0 aliphatic carbocycles. The summed E-state index contributed by atoms with van der Waals surface area (Å²) >= 11 is 0. The highest BCUT2D eigenvalue weighted by Crippen LogP contribution is 2.09. The summed E-state index contributed by atoms with van der Waals surface area (Å²) in [5, 5.41) is 20.7. The maximum atomic E-state index is 11.7. The number of hydrogen-bond donors (Lipinski definition) is 3. The van der Waals surface area contributed by atoms with Crippen molar-refractivity contribution in [3.05, 3.63) is 0 Å². The van der Waals surface area contributed by atoms with E-state index in [4.69, 9.17) is 5.11 Å². The van der Waals surface area contributed by atoms with Crippen LogP contribution in [0.25, 0.3) is 0 Å². The average Bonchev–Trinajstić information content (AvgIpc) is 2.70. The number of rotatable bonds is 5. The van der Waals surface area contributed by atoms with Gasteiger partial charge in [-0.25, -0.2) is 9.59 Å². The second-order valence-electron chi connectivity index (χ2n) is 4.37. The van der Waals surface area contributed by atoms with Gasteiger partial charge in [-0.2, -0.15) is 0 Å².